The molecule has 2 heterocycles. The van der Waals surface area contributed by atoms with Crippen molar-refractivity contribution >= 4 is 11.4 Å². The minimum absolute atomic E-state index is 0.0104. The maximum absolute atomic E-state index is 4.53. The molecule has 0 saturated carbocycles. The van der Waals surface area contributed by atoms with Crippen molar-refractivity contribution < 1.29 is 0 Å². The summed E-state index contributed by atoms with van der Waals surface area (Å²) in [5.74, 6) is 0.903. The molecule has 0 spiro atoms. The van der Waals surface area contributed by atoms with E-state index in [1.165, 1.54) is 28.1 Å². The first-order valence-corrected chi connectivity index (χ1v) is 11.8. The van der Waals surface area contributed by atoms with Crippen molar-refractivity contribution in [2.24, 2.45) is 0 Å². The standard InChI is InChI=1S/C26H37N7/c1-19-9-8-10-23(20(19)2)31-15-17-32(18-16-31)24(21-11-13-22(14-12-21)30(6)7)25-27-28-29-33(25)26(3,4)5/h8-14,24H,15-18H2,1-7H3/t24-/m1/s1. The molecule has 7 heteroatoms. The zero-order valence-corrected chi connectivity index (χ0v) is 21.1. The molecule has 2 aromatic carbocycles. The van der Waals surface area contributed by atoms with Crippen LogP contribution in [0.3, 0.4) is 0 Å². The maximum Gasteiger partial charge on any atom is 0.173 e. The van der Waals surface area contributed by atoms with Crippen molar-refractivity contribution in [1.29, 1.82) is 0 Å². The van der Waals surface area contributed by atoms with Gasteiger partial charge in [0.25, 0.3) is 0 Å². The maximum atomic E-state index is 4.53. The van der Waals surface area contributed by atoms with Gasteiger partial charge in [-0.25, -0.2) is 4.68 Å². The zero-order chi connectivity index (χ0) is 23.8. The van der Waals surface area contributed by atoms with E-state index in [0.717, 1.165) is 32.0 Å². The van der Waals surface area contributed by atoms with E-state index in [2.05, 4.69) is 121 Å². The van der Waals surface area contributed by atoms with E-state index in [-0.39, 0.29) is 11.6 Å². The highest BCUT2D eigenvalue weighted by molar-refractivity contribution is 5.56. The quantitative estimate of drug-likeness (QED) is 0.589. The van der Waals surface area contributed by atoms with Gasteiger partial charge < -0.3 is 9.80 Å². The Balaban J connectivity index is 1.65. The third kappa shape index (κ3) is 4.74. The predicted octanol–water partition coefficient (Wildman–Crippen LogP) is 4.02. The molecule has 4 rings (SSSR count). The van der Waals surface area contributed by atoms with Crippen molar-refractivity contribution in [2.45, 2.75) is 46.2 Å². The third-order valence-electron chi connectivity index (χ3n) is 6.69. The largest absolute Gasteiger partial charge is 0.378 e. The molecule has 1 fully saturated rings. The molecule has 33 heavy (non-hydrogen) atoms. The molecule has 0 bridgehead atoms. The second-order valence-electron chi connectivity index (χ2n) is 10.3. The lowest BCUT2D eigenvalue weighted by Crippen LogP contribution is -2.49. The fourth-order valence-corrected chi connectivity index (χ4v) is 4.62. The van der Waals surface area contributed by atoms with Crippen LogP contribution in [0.4, 0.5) is 11.4 Å². The Hall–Kier alpha value is -2.93. The first-order valence-electron chi connectivity index (χ1n) is 11.8. The predicted molar refractivity (Wildman–Crippen MR) is 135 cm³/mol. The molecule has 1 aliphatic rings. The van der Waals surface area contributed by atoms with Gasteiger partial charge >= 0.3 is 0 Å². The van der Waals surface area contributed by atoms with Gasteiger partial charge in [0.2, 0.25) is 0 Å². The van der Waals surface area contributed by atoms with Gasteiger partial charge in [-0.2, -0.15) is 0 Å². The third-order valence-corrected chi connectivity index (χ3v) is 6.69. The topological polar surface area (TPSA) is 53.3 Å². The summed E-state index contributed by atoms with van der Waals surface area (Å²) in [6.07, 6.45) is 0. The van der Waals surface area contributed by atoms with Crippen molar-refractivity contribution in [3.8, 4) is 0 Å². The van der Waals surface area contributed by atoms with Crippen LogP contribution in [0.2, 0.25) is 0 Å². The highest BCUT2D eigenvalue weighted by Crippen LogP contribution is 2.33. The number of tetrazole rings is 1. The van der Waals surface area contributed by atoms with E-state index in [9.17, 15) is 0 Å². The van der Waals surface area contributed by atoms with Crippen LogP contribution in [0.25, 0.3) is 0 Å². The van der Waals surface area contributed by atoms with Gasteiger partial charge in [-0.3, -0.25) is 4.90 Å². The summed E-state index contributed by atoms with van der Waals surface area (Å²) in [5.41, 5.74) is 6.28. The van der Waals surface area contributed by atoms with Gasteiger partial charge in [0.1, 0.15) is 0 Å². The minimum Gasteiger partial charge on any atom is -0.378 e. The van der Waals surface area contributed by atoms with Crippen LogP contribution in [0.5, 0.6) is 0 Å². The number of rotatable bonds is 5. The highest BCUT2D eigenvalue weighted by atomic mass is 15.6. The number of benzene rings is 2. The molecule has 0 unspecified atom stereocenters. The zero-order valence-electron chi connectivity index (χ0n) is 21.1. The number of nitrogens with zero attached hydrogens (tertiary/aromatic N) is 7. The highest BCUT2D eigenvalue weighted by Gasteiger charge is 2.33. The SMILES string of the molecule is Cc1cccc(N2CCN([C@H](c3ccc(N(C)C)cc3)c3nnnn3C(C)(C)C)CC2)c1C. The number of hydrogen-bond donors (Lipinski definition) is 0. The van der Waals surface area contributed by atoms with Crippen LogP contribution in [0, 0.1) is 13.8 Å². The summed E-state index contributed by atoms with van der Waals surface area (Å²) in [5, 5.41) is 13.0. The second kappa shape index (κ2) is 9.14. The van der Waals surface area contributed by atoms with E-state index in [1.54, 1.807) is 0 Å². The Labute approximate surface area is 198 Å². The van der Waals surface area contributed by atoms with Gasteiger partial charge in [0, 0.05) is 51.6 Å². The molecule has 7 nitrogen and oxygen atoms in total. The normalized spacial score (nSPS) is 16.2. The Morgan fingerprint density at radius 3 is 2.18 bits per heavy atom. The first kappa shape index (κ1) is 23.2. The Kier molecular flexibility index (Phi) is 6.43. The van der Waals surface area contributed by atoms with Crippen LogP contribution >= 0.6 is 0 Å². The minimum atomic E-state index is -0.193. The molecule has 0 radical (unpaired) electrons. The fourth-order valence-electron chi connectivity index (χ4n) is 4.62. The molecule has 0 aliphatic carbocycles. The van der Waals surface area contributed by atoms with Gasteiger partial charge in [0.05, 0.1) is 11.6 Å². The van der Waals surface area contributed by atoms with E-state index in [1.807, 2.05) is 4.68 Å². The Bertz CT molecular complexity index is 1070. The summed E-state index contributed by atoms with van der Waals surface area (Å²) in [6, 6.07) is 15.4. The number of aromatic nitrogens is 4. The van der Waals surface area contributed by atoms with Crippen LogP contribution in [0.15, 0.2) is 42.5 Å². The summed E-state index contributed by atoms with van der Waals surface area (Å²) in [4.78, 5) is 7.17. The lowest BCUT2D eigenvalue weighted by atomic mass is 10.0. The first-order chi connectivity index (χ1) is 15.7. The molecule has 1 aliphatic heterocycles. The Morgan fingerprint density at radius 2 is 1.58 bits per heavy atom. The molecule has 1 atom stereocenters. The van der Waals surface area contributed by atoms with E-state index < -0.39 is 0 Å². The summed E-state index contributed by atoms with van der Waals surface area (Å²) >= 11 is 0. The number of piperazine rings is 1. The van der Waals surface area contributed by atoms with Crippen molar-refractivity contribution in [2.75, 3.05) is 50.1 Å². The Morgan fingerprint density at radius 1 is 0.909 bits per heavy atom. The van der Waals surface area contributed by atoms with Crippen molar-refractivity contribution in [3.05, 3.63) is 65.0 Å². The molecule has 1 saturated heterocycles. The summed E-state index contributed by atoms with van der Waals surface area (Å²) < 4.78 is 1.98. The summed E-state index contributed by atoms with van der Waals surface area (Å²) in [6.45, 7) is 14.7. The van der Waals surface area contributed by atoms with E-state index in [0.29, 0.717) is 0 Å². The molecule has 0 amide bonds. The smallest absolute Gasteiger partial charge is 0.173 e. The van der Waals surface area contributed by atoms with Gasteiger partial charge in [-0.15, -0.1) is 5.10 Å². The molecule has 0 N–H and O–H groups in total. The van der Waals surface area contributed by atoms with Crippen LogP contribution in [-0.4, -0.2) is 65.4 Å². The second-order valence-corrected chi connectivity index (χ2v) is 10.3. The van der Waals surface area contributed by atoms with Crippen LogP contribution in [0.1, 0.15) is 49.3 Å². The summed E-state index contributed by atoms with van der Waals surface area (Å²) in [7, 11) is 4.14. The number of aryl methyl sites for hydroxylation is 1. The van der Waals surface area contributed by atoms with Gasteiger partial charge in [0.15, 0.2) is 5.82 Å². The lowest BCUT2D eigenvalue weighted by molar-refractivity contribution is 0.191. The van der Waals surface area contributed by atoms with Crippen LogP contribution in [-0.2, 0) is 5.54 Å². The average molecular weight is 448 g/mol. The van der Waals surface area contributed by atoms with Gasteiger partial charge in [-0.1, -0.05) is 24.3 Å². The fraction of sp³-hybridized carbons (Fsp3) is 0.500. The van der Waals surface area contributed by atoms with Crippen molar-refractivity contribution in [3.63, 3.8) is 0 Å². The molecule has 1 aromatic heterocycles. The van der Waals surface area contributed by atoms with Crippen molar-refractivity contribution in [1.82, 2.24) is 25.1 Å². The number of anilines is 2. The van der Waals surface area contributed by atoms with Gasteiger partial charge in [-0.05, 0) is 79.9 Å². The molecule has 176 valence electrons. The van der Waals surface area contributed by atoms with E-state index in [4.69, 9.17) is 0 Å². The molecule has 3 aromatic rings. The van der Waals surface area contributed by atoms with E-state index >= 15 is 0 Å². The van der Waals surface area contributed by atoms with Crippen LogP contribution < -0.4 is 9.80 Å². The monoisotopic (exact) mass is 447 g/mol. The number of hydrogen-bond acceptors (Lipinski definition) is 6. The lowest BCUT2D eigenvalue weighted by Gasteiger charge is -2.41. The molecular weight excluding hydrogens is 410 g/mol. The average Bonchev–Trinajstić information content (AvgIpc) is 3.27. The molecular formula is C26H37N7.